The molecule has 0 radical (unpaired) electrons. The van der Waals surface area contributed by atoms with E-state index in [1.54, 1.807) is 36.5 Å². The molecule has 0 saturated heterocycles. The molecule has 116 valence electrons. The SMILES string of the molecule is O=C(NS(=O)(=O)c1cccc2cnccc12)c1ccccc1Cl. The normalized spacial score (nSPS) is 11.3. The Balaban J connectivity index is 2.02. The maximum Gasteiger partial charge on any atom is 0.266 e. The number of hydrogen-bond donors (Lipinski definition) is 1. The summed E-state index contributed by atoms with van der Waals surface area (Å²) in [6.45, 7) is 0. The molecule has 7 heteroatoms. The summed E-state index contributed by atoms with van der Waals surface area (Å²) in [6, 6.07) is 12.6. The second-order valence-corrected chi connectivity index (χ2v) is 6.83. The van der Waals surface area contributed by atoms with E-state index in [-0.39, 0.29) is 15.5 Å². The number of carbonyl (C=O) groups is 1. The van der Waals surface area contributed by atoms with Crippen molar-refractivity contribution in [2.45, 2.75) is 4.90 Å². The molecular formula is C16H11ClN2O3S. The topological polar surface area (TPSA) is 76.1 Å². The number of nitrogens with zero attached hydrogens (tertiary/aromatic N) is 1. The number of aromatic nitrogens is 1. The van der Waals surface area contributed by atoms with E-state index < -0.39 is 15.9 Å². The molecule has 0 aliphatic heterocycles. The second kappa shape index (κ2) is 5.98. The van der Waals surface area contributed by atoms with E-state index in [1.165, 1.54) is 24.4 Å². The average Bonchev–Trinajstić information content (AvgIpc) is 2.54. The van der Waals surface area contributed by atoms with Crippen molar-refractivity contribution >= 4 is 38.3 Å². The number of fused-ring (bicyclic) bond motifs is 1. The molecule has 1 heterocycles. The monoisotopic (exact) mass is 346 g/mol. The largest absolute Gasteiger partial charge is 0.268 e. The molecule has 1 N–H and O–H groups in total. The van der Waals surface area contributed by atoms with Gasteiger partial charge in [0, 0.05) is 23.2 Å². The van der Waals surface area contributed by atoms with Crippen LogP contribution in [-0.2, 0) is 10.0 Å². The lowest BCUT2D eigenvalue weighted by Crippen LogP contribution is -2.30. The van der Waals surface area contributed by atoms with Crippen molar-refractivity contribution in [2.24, 2.45) is 0 Å². The number of pyridine rings is 1. The van der Waals surface area contributed by atoms with Crippen molar-refractivity contribution in [3.8, 4) is 0 Å². The number of amides is 1. The molecule has 3 aromatic rings. The van der Waals surface area contributed by atoms with Crippen LogP contribution >= 0.6 is 11.6 Å². The Morgan fingerprint density at radius 2 is 1.83 bits per heavy atom. The van der Waals surface area contributed by atoms with Gasteiger partial charge in [-0.2, -0.15) is 0 Å². The van der Waals surface area contributed by atoms with Gasteiger partial charge >= 0.3 is 0 Å². The molecule has 0 atom stereocenters. The summed E-state index contributed by atoms with van der Waals surface area (Å²) in [7, 11) is -4.04. The van der Waals surface area contributed by atoms with Gasteiger partial charge in [0.1, 0.15) is 0 Å². The summed E-state index contributed by atoms with van der Waals surface area (Å²) < 4.78 is 27.1. The van der Waals surface area contributed by atoms with Crippen molar-refractivity contribution in [3.05, 3.63) is 71.5 Å². The standard InChI is InChI=1S/C16H11ClN2O3S/c17-14-6-2-1-5-13(14)16(20)19-23(21,22)15-7-3-4-11-10-18-9-8-12(11)15/h1-10H,(H,19,20). The number of hydrogen-bond acceptors (Lipinski definition) is 4. The maximum absolute atomic E-state index is 12.5. The predicted octanol–water partition coefficient (Wildman–Crippen LogP) is 3.01. The summed E-state index contributed by atoms with van der Waals surface area (Å²) in [5.74, 6) is -0.776. The van der Waals surface area contributed by atoms with Gasteiger partial charge in [0.2, 0.25) is 0 Å². The van der Waals surface area contributed by atoms with Crippen molar-refractivity contribution < 1.29 is 13.2 Å². The Morgan fingerprint density at radius 3 is 2.61 bits per heavy atom. The highest BCUT2D eigenvalue weighted by Crippen LogP contribution is 2.22. The van der Waals surface area contributed by atoms with Gasteiger partial charge in [-0.15, -0.1) is 0 Å². The highest BCUT2D eigenvalue weighted by atomic mass is 35.5. The van der Waals surface area contributed by atoms with Crippen LogP contribution in [0.2, 0.25) is 5.02 Å². The molecule has 5 nitrogen and oxygen atoms in total. The van der Waals surface area contributed by atoms with E-state index in [0.29, 0.717) is 10.8 Å². The number of sulfonamides is 1. The van der Waals surface area contributed by atoms with Gasteiger partial charge in [0.05, 0.1) is 15.5 Å². The lowest BCUT2D eigenvalue weighted by Gasteiger charge is -2.10. The third kappa shape index (κ3) is 3.04. The number of carbonyl (C=O) groups excluding carboxylic acids is 1. The molecule has 0 fully saturated rings. The lowest BCUT2D eigenvalue weighted by molar-refractivity contribution is 0.0981. The molecule has 0 aliphatic carbocycles. The Bertz CT molecular complexity index is 998. The van der Waals surface area contributed by atoms with Crippen LogP contribution in [0, 0.1) is 0 Å². The van der Waals surface area contributed by atoms with Crippen molar-refractivity contribution in [1.29, 1.82) is 0 Å². The minimum absolute atomic E-state index is 0.0119. The highest BCUT2D eigenvalue weighted by Gasteiger charge is 2.22. The molecule has 23 heavy (non-hydrogen) atoms. The van der Waals surface area contributed by atoms with Crippen LogP contribution in [0.4, 0.5) is 0 Å². The first-order valence-electron chi connectivity index (χ1n) is 6.63. The van der Waals surface area contributed by atoms with Crippen LogP contribution in [0.15, 0.2) is 65.8 Å². The minimum atomic E-state index is -4.04. The molecular weight excluding hydrogens is 336 g/mol. The van der Waals surface area contributed by atoms with Gasteiger partial charge < -0.3 is 0 Å². The quantitative estimate of drug-likeness (QED) is 0.791. The smallest absolute Gasteiger partial charge is 0.266 e. The van der Waals surface area contributed by atoms with E-state index in [2.05, 4.69) is 9.71 Å². The van der Waals surface area contributed by atoms with Gasteiger partial charge in [0.15, 0.2) is 0 Å². The molecule has 1 aromatic heterocycles. The van der Waals surface area contributed by atoms with Crippen molar-refractivity contribution in [1.82, 2.24) is 9.71 Å². The third-order valence-electron chi connectivity index (χ3n) is 3.28. The van der Waals surface area contributed by atoms with Crippen LogP contribution in [0.25, 0.3) is 10.8 Å². The fraction of sp³-hybridized carbons (Fsp3) is 0. The summed E-state index contributed by atoms with van der Waals surface area (Å²) in [4.78, 5) is 16.2. The van der Waals surface area contributed by atoms with Gasteiger partial charge in [-0.3, -0.25) is 9.78 Å². The fourth-order valence-corrected chi connectivity index (χ4v) is 3.62. The summed E-state index contributed by atoms with van der Waals surface area (Å²) in [5, 5.41) is 1.34. The van der Waals surface area contributed by atoms with E-state index >= 15 is 0 Å². The zero-order chi connectivity index (χ0) is 16.4. The summed E-state index contributed by atoms with van der Waals surface area (Å²) >= 11 is 5.93. The predicted molar refractivity (Wildman–Crippen MR) is 87.8 cm³/mol. The van der Waals surface area contributed by atoms with Gasteiger partial charge in [0.25, 0.3) is 15.9 Å². The van der Waals surface area contributed by atoms with Crippen molar-refractivity contribution in [3.63, 3.8) is 0 Å². The molecule has 0 saturated carbocycles. The van der Waals surface area contributed by atoms with Crippen LogP contribution in [-0.4, -0.2) is 19.3 Å². The minimum Gasteiger partial charge on any atom is -0.268 e. The Labute approximate surface area is 138 Å². The van der Waals surface area contributed by atoms with E-state index in [1.807, 2.05) is 0 Å². The van der Waals surface area contributed by atoms with Crippen LogP contribution < -0.4 is 4.72 Å². The lowest BCUT2D eigenvalue weighted by atomic mass is 10.2. The van der Waals surface area contributed by atoms with E-state index in [4.69, 9.17) is 11.6 Å². The first-order valence-corrected chi connectivity index (χ1v) is 8.49. The summed E-state index contributed by atoms with van der Waals surface area (Å²) in [6.07, 6.45) is 3.06. The summed E-state index contributed by atoms with van der Waals surface area (Å²) in [5.41, 5.74) is 0.0969. The van der Waals surface area contributed by atoms with Gasteiger partial charge in [-0.1, -0.05) is 35.9 Å². The molecule has 0 bridgehead atoms. The van der Waals surface area contributed by atoms with Crippen LogP contribution in [0.1, 0.15) is 10.4 Å². The first kappa shape index (κ1) is 15.5. The Morgan fingerprint density at radius 1 is 1.04 bits per heavy atom. The average molecular weight is 347 g/mol. The van der Waals surface area contributed by atoms with Crippen LogP contribution in [0.3, 0.4) is 0 Å². The second-order valence-electron chi connectivity index (χ2n) is 4.77. The van der Waals surface area contributed by atoms with Crippen LogP contribution in [0.5, 0.6) is 0 Å². The maximum atomic E-state index is 12.5. The van der Waals surface area contributed by atoms with E-state index in [9.17, 15) is 13.2 Å². The molecule has 0 spiro atoms. The third-order valence-corrected chi connectivity index (χ3v) is 4.99. The number of benzene rings is 2. The van der Waals surface area contributed by atoms with Crippen molar-refractivity contribution in [2.75, 3.05) is 0 Å². The molecule has 2 aromatic carbocycles. The molecule has 3 rings (SSSR count). The molecule has 0 unspecified atom stereocenters. The number of halogens is 1. The first-order chi connectivity index (χ1) is 11.0. The molecule has 0 aliphatic rings. The van der Waals surface area contributed by atoms with Gasteiger partial charge in [-0.05, 0) is 24.3 Å². The van der Waals surface area contributed by atoms with Gasteiger partial charge in [-0.25, -0.2) is 13.1 Å². The Hall–Kier alpha value is -2.44. The number of rotatable bonds is 3. The Kier molecular flexibility index (Phi) is 4.02. The highest BCUT2D eigenvalue weighted by molar-refractivity contribution is 7.90. The van der Waals surface area contributed by atoms with E-state index in [0.717, 1.165) is 0 Å². The zero-order valence-corrected chi connectivity index (χ0v) is 13.3. The molecule has 1 amide bonds. The number of nitrogens with one attached hydrogen (secondary N) is 1. The zero-order valence-electron chi connectivity index (χ0n) is 11.7. The fourth-order valence-electron chi connectivity index (χ4n) is 2.20.